The van der Waals surface area contributed by atoms with E-state index in [0.717, 1.165) is 40.3 Å². The molecule has 0 atom stereocenters. The van der Waals surface area contributed by atoms with Crippen molar-refractivity contribution in [1.82, 2.24) is 4.98 Å². The number of thiazole rings is 1. The standard InChI is InChI=1S/C14H14N2OS/c15-7-3-6-14-16-11(9-18-14)13-8-10-4-1-2-5-12(10)17-13/h1-2,4-5,8-9H,3,6-7,15H2. The van der Waals surface area contributed by atoms with Gasteiger partial charge in [-0.25, -0.2) is 4.98 Å². The summed E-state index contributed by atoms with van der Waals surface area (Å²) in [7, 11) is 0. The Bertz CT molecular complexity index is 623. The van der Waals surface area contributed by atoms with Gasteiger partial charge in [-0.15, -0.1) is 11.3 Å². The van der Waals surface area contributed by atoms with Gasteiger partial charge in [0.2, 0.25) is 0 Å². The van der Waals surface area contributed by atoms with E-state index in [1.54, 1.807) is 11.3 Å². The zero-order chi connectivity index (χ0) is 12.4. The molecule has 2 heterocycles. The van der Waals surface area contributed by atoms with Crippen molar-refractivity contribution in [2.75, 3.05) is 6.54 Å². The quantitative estimate of drug-likeness (QED) is 0.779. The fourth-order valence-electron chi connectivity index (χ4n) is 1.90. The topological polar surface area (TPSA) is 52.0 Å². The average Bonchev–Trinajstić information content (AvgIpc) is 3.02. The van der Waals surface area contributed by atoms with Crippen molar-refractivity contribution < 1.29 is 4.42 Å². The molecule has 18 heavy (non-hydrogen) atoms. The second-order valence-corrected chi connectivity index (χ2v) is 5.11. The van der Waals surface area contributed by atoms with Gasteiger partial charge in [0, 0.05) is 17.2 Å². The van der Waals surface area contributed by atoms with E-state index in [0.29, 0.717) is 6.54 Å². The molecule has 2 N–H and O–H groups in total. The Labute approximate surface area is 109 Å². The van der Waals surface area contributed by atoms with Crippen molar-refractivity contribution in [3.8, 4) is 11.5 Å². The van der Waals surface area contributed by atoms with E-state index in [9.17, 15) is 0 Å². The normalized spacial score (nSPS) is 11.2. The first-order chi connectivity index (χ1) is 8.86. The summed E-state index contributed by atoms with van der Waals surface area (Å²) in [6.45, 7) is 0.708. The van der Waals surface area contributed by atoms with E-state index in [2.05, 4.69) is 4.98 Å². The van der Waals surface area contributed by atoms with Crippen molar-refractivity contribution in [1.29, 1.82) is 0 Å². The highest BCUT2D eigenvalue weighted by molar-refractivity contribution is 7.09. The number of furan rings is 1. The van der Waals surface area contributed by atoms with Gasteiger partial charge in [-0.1, -0.05) is 18.2 Å². The van der Waals surface area contributed by atoms with Gasteiger partial charge in [0.05, 0.1) is 5.01 Å². The fourth-order valence-corrected chi connectivity index (χ4v) is 2.73. The van der Waals surface area contributed by atoms with Crippen molar-refractivity contribution in [2.24, 2.45) is 5.73 Å². The predicted molar refractivity (Wildman–Crippen MR) is 74.7 cm³/mol. The molecule has 0 radical (unpaired) electrons. The number of aryl methyl sites for hydroxylation is 1. The Morgan fingerprint density at radius 1 is 1.28 bits per heavy atom. The Morgan fingerprint density at radius 3 is 3.00 bits per heavy atom. The van der Waals surface area contributed by atoms with E-state index in [1.807, 2.05) is 35.7 Å². The average molecular weight is 258 g/mol. The molecule has 0 aliphatic rings. The van der Waals surface area contributed by atoms with Gasteiger partial charge in [0.1, 0.15) is 11.3 Å². The largest absolute Gasteiger partial charge is 0.454 e. The third-order valence-electron chi connectivity index (χ3n) is 2.82. The minimum atomic E-state index is 0.708. The van der Waals surface area contributed by atoms with Crippen LogP contribution < -0.4 is 5.73 Å². The third-order valence-corrected chi connectivity index (χ3v) is 3.73. The maximum atomic E-state index is 5.79. The molecule has 0 saturated heterocycles. The molecule has 0 bridgehead atoms. The molecule has 1 aromatic carbocycles. The van der Waals surface area contributed by atoms with E-state index in [4.69, 9.17) is 10.2 Å². The molecule has 0 saturated carbocycles. The highest BCUT2D eigenvalue weighted by Crippen LogP contribution is 2.28. The third kappa shape index (κ3) is 2.17. The Hall–Kier alpha value is -1.65. The van der Waals surface area contributed by atoms with E-state index in [-0.39, 0.29) is 0 Å². The molecule has 92 valence electrons. The molecule has 0 spiro atoms. The van der Waals surface area contributed by atoms with Crippen LogP contribution in [0.4, 0.5) is 0 Å². The molecule has 3 aromatic rings. The molecular weight excluding hydrogens is 244 g/mol. The van der Waals surface area contributed by atoms with Crippen LogP contribution in [0.5, 0.6) is 0 Å². The fraction of sp³-hybridized carbons (Fsp3) is 0.214. The first-order valence-corrected chi connectivity index (χ1v) is 6.88. The molecule has 2 aromatic heterocycles. The number of nitrogens with zero attached hydrogens (tertiary/aromatic N) is 1. The molecule has 3 nitrogen and oxygen atoms in total. The highest BCUT2D eigenvalue weighted by Gasteiger charge is 2.09. The molecule has 4 heteroatoms. The molecule has 0 amide bonds. The van der Waals surface area contributed by atoms with E-state index >= 15 is 0 Å². The number of nitrogens with two attached hydrogens (primary N) is 1. The minimum absolute atomic E-state index is 0.708. The van der Waals surface area contributed by atoms with Gasteiger partial charge in [0.15, 0.2) is 5.76 Å². The molecule has 0 aliphatic heterocycles. The molecule has 0 unspecified atom stereocenters. The minimum Gasteiger partial charge on any atom is -0.454 e. The lowest BCUT2D eigenvalue weighted by Gasteiger charge is -1.91. The maximum Gasteiger partial charge on any atom is 0.154 e. The Balaban J connectivity index is 1.91. The van der Waals surface area contributed by atoms with Crippen LogP contribution in [0.25, 0.3) is 22.4 Å². The number of fused-ring (bicyclic) bond motifs is 1. The van der Waals surface area contributed by atoms with Crippen LogP contribution in [0.3, 0.4) is 0 Å². The monoisotopic (exact) mass is 258 g/mol. The number of para-hydroxylation sites is 1. The van der Waals surface area contributed by atoms with Crippen LogP contribution in [0.1, 0.15) is 11.4 Å². The summed E-state index contributed by atoms with van der Waals surface area (Å²) < 4.78 is 5.79. The van der Waals surface area contributed by atoms with Gasteiger partial charge in [-0.05, 0) is 25.1 Å². The maximum absolute atomic E-state index is 5.79. The molecule has 0 fully saturated rings. The van der Waals surface area contributed by atoms with Gasteiger partial charge >= 0.3 is 0 Å². The van der Waals surface area contributed by atoms with Crippen LogP contribution in [-0.4, -0.2) is 11.5 Å². The smallest absolute Gasteiger partial charge is 0.154 e. The molecule has 3 rings (SSSR count). The Kier molecular flexibility index (Phi) is 3.13. The number of aromatic nitrogens is 1. The van der Waals surface area contributed by atoms with Gasteiger partial charge in [-0.3, -0.25) is 0 Å². The van der Waals surface area contributed by atoms with Crippen LogP contribution in [0.2, 0.25) is 0 Å². The zero-order valence-electron chi connectivity index (χ0n) is 9.93. The van der Waals surface area contributed by atoms with Gasteiger partial charge in [0.25, 0.3) is 0 Å². The summed E-state index contributed by atoms with van der Waals surface area (Å²) in [6.07, 6.45) is 1.93. The van der Waals surface area contributed by atoms with Crippen LogP contribution in [-0.2, 0) is 6.42 Å². The Morgan fingerprint density at radius 2 is 2.17 bits per heavy atom. The number of benzene rings is 1. The summed E-state index contributed by atoms with van der Waals surface area (Å²) in [4.78, 5) is 4.58. The zero-order valence-corrected chi connectivity index (χ0v) is 10.7. The lowest BCUT2D eigenvalue weighted by Crippen LogP contribution is -1.99. The SMILES string of the molecule is NCCCc1nc(-c2cc3ccccc3o2)cs1. The summed E-state index contributed by atoms with van der Waals surface area (Å²) >= 11 is 1.67. The van der Waals surface area contributed by atoms with Crippen molar-refractivity contribution in [3.63, 3.8) is 0 Å². The first kappa shape index (κ1) is 11.4. The van der Waals surface area contributed by atoms with Gasteiger partial charge < -0.3 is 10.2 Å². The van der Waals surface area contributed by atoms with Crippen LogP contribution in [0.15, 0.2) is 40.1 Å². The molecular formula is C14H14N2OS. The van der Waals surface area contributed by atoms with E-state index < -0.39 is 0 Å². The number of hydrogen-bond acceptors (Lipinski definition) is 4. The van der Waals surface area contributed by atoms with Crippen LogP contribution in [0, 0.1) is 0 Å². The highest BCUT2D eigenvalue weighted by atomic mass is 32.1. The predicted octanol–water partition coefficient (Wildman–Crippen LogP) is 3.45. The van der Waals surface area contributed by atoms with Crippen LogP contribution >= 0.6 is 11.3 Å². The summed E-state index contributed by atoms with van der Waals surface area (Å²) in [5.74, 6) is 0.839. The lowest BCUT2D eigenvalue weighted by atomic mass is 10.2. The summed E-state index contributed by atoms with van der Waals surface area (Å²) in [6, 6.07) is 10.0. The first-order valence-electron chi connectivity index (χ1n) is 6.00. The number of hydrogen-bond donors (Lipinski definition) is 1. The lowest BCUT2D eigenvalue weighted by molar-refractivity contribution is 0.629. The van der Waals surface area contributed by atoms with Crippen molar-refractivity contribution in [2.45, 2.75) is 12.8 Å². The second-order valence-electron chi connectivity index (χ2n) is 4.17. The van der Waals surface area contributed by atoms with Gasteiger partial charge in [-0.2, -0.15) is 0 Å². The summed E-state index contributed by atoms with van der Waals surface area (Å²) in [5.41, 5.74) is 7.33. The second kappa shape index (κ2) is 4.92. The van der Waals surface area contributed by atoms with Crippen molar-refractivity contribution in [3.05, 3.63) is 40.7 Å². The van der Waals surface area contributed by atoms with E-state index in [1.165, 1.54) is 0 Å². The molecule has 0 aliphatic carbocycles. The number of rotatable bonds is 4. The summed E-state index contributed by atoms with van der Waals surface area (Å²) in [5, 5.41) is 4.28. The van der Waals surface area contributed by atoms with Crippen molar-refractivity contribution >= 4 is 22.3 Å².